The number of para-hydroxylation sites is 1. The molecule has 2 aromatic rings. The van der Waals surface area contributed by atoms with Crippen LogP contribution in [0.5, 0.6) is 0 Å². The van der Waals surface area contributed by atoms with Crippen LogP contribution in [0.15, 0.2) is 36.0 Å². The SMILES string of the molecule is Cc1cc(/C=C2\NC(=O)NC2=O)c(C)n1-c1ccccc1C(=O)O. The Bertz CT molecular complexity index is 909. The van der Waals surface area contributed by atoms with Crippen molar-refractivity contribution >= 4 is 24.0 Å². The van der Waals surface area contributed by atoms with Crippen molar-refractivity contribution in [3.8, 4) is 5.69 Å². The van der Waals surface area contributed by atoms with Crippen molar-refractivity contribution in [2.45, 2.75) is 13.8 Å². The van der Waals surface area contributed by atoms with E-state index in [1.54, 1.807) is 30.3 Å². The highest BCUT2D eigenvalue weighted by atomic mass is 16.4. The molecule has 3 N–H and O–H groups in total. The molecule has 122 valence electrons. The van der Waals surface area contributed by atoms with E-state index in [0.717, 1.165) is 17.0 Å². The van der Waals surface area contributed by atoms with E-state index >= 15 is 0 Å². The van der Waals surface area contributed by atoms with E-state index in [9.17, 15) is 19.5 Å². The van der Waals surface area contributed by atoms with Crippen LogP contribution >= 0.6 is 0 Å². The maximum absolute atomic E-state index is 11.7. The van der Waals surface area contributed by atoms with Crippen molar-refractivity contribution in [1.82, 2.24) is 15.2 Å². The quantitative estimate of drug-likeness (QED) is 0.593. The topological polar surface area (TPSA) is 100 Å². The molecule has 1 aromatic carbocycles. The largest absolute Gasteiger partial charge is 0.478 e. The van der Waals surface area contributed by atoms with E-state index in [2.05, 4.69) is 10.6 Å². The van der Waals surface area contributed by atoms with Crippen molar-refractivity contribution in [2.24, 2.45) is 0 Å². The first-order valence-corrected chi connectivity index (χ1v) is 7.24. The van der Waals surface area contributed by atoms with Crippen LogP contribution in [0.2, 0.25) is 0 Å². The summed E-state index contributed by atoms with van der Waals surface area (Å²) in [5.41, 5.74) is 3.20. The summed E-state index contributed by atoms with van der Waals surface area (Å²) in [4.78, 5) is 34.3. The minimum Gasteiger partial charge on any atom is -0.478 e. The summed E-state index contributed by atoms with van der Waals surface area (Å²) in [7, 11) is 0. The van der Waals surface area contributed by atoms with Crippen LogP contribution < -0.4 is 10.6 Å². The molecule has 0 bridgehead atoms. The van der Waals surface area contributed by atoms with Crippen molar-refractivity contribution in [2.75, 3.05) is 0 Å². The Morgan fingerprint density at radius 1 is 1.17 bits per heavy atom. The third kappa shape index (κ3) is 2.56. The van der Waals surface area contributed by atoms with Gasteiger partial charge in [0.2, 0.25) is 0 Å². The molecule has 0 aliphatic carbocycles. The third-order valence-electron chi connectivity index (χ3n) is 3.87. The fourth-order valence-electron chi connectivity index (χ4n) is 2.79. The number of nitrogens with one attached hydrogen (secondary N) is 2. The van der Waals surface area contributed by atoms with Crippen molar-refractivity contribution < 1.29 is 19.5 Å². The summed E-state index contributed by atoms with van der Waals surface area (Å²) in [6, 6.07) is 7.98. The number of nitrogens with zero attached hydrogens (tertiary/aromatic N) is 1. The first-order valence-electron chi connectivity index (χ1n) is 7.24. The number of aromatic carboxylic acids is 1. The fraction of sp³-hybridized carbons (Fsp3) is 0.118. The summed E-state index contributed by atoms with van der Waals surface area (Å²) >= 11 is 0. The van der Waals surface area contributed by atoms with Crippen LogP contribution in [-0.4, -0.2) is 27.6 Å². The van der Waals surface area contributed by atoms with Gasteiger partial charge in [0, 0.05) is 11.4 Å². The second-order valence-corrected chi connectivity index (χ2v) is 5.45. The molecule has 7 heteroatoms. The van der Waals surface area contributed by atoms with Crippen molar-refractivity contribution in [3.63, 3.8) is 0 Å². The summed E-state index contributed by atoms with van der Waals surface area (Å²) in [5, 5.41) is 14.0. The predicted molar refractivity (Wildman–Crippen MR) is 86.9 cm³/mol. The van der Waals surface area contributed by atoms with Crippen LogP contribution in [-0.2, 0) is 4.79 Å². The highest BCUT2D eigenvalue weighted by molar-refractivity contribution is 6.14. The molecule has 0 spiro atoms. The molecule has 24 heavy (non-hydrogen) atoms. The molecule has 1 aromatic heterocycles. The molecule has 3 amide bonds. The van der Waals surface area contributed by atoms with Gasteiger partial charge in [0.15, 0.2) is 0 Å². The Morgan fingerprint density at radius 3 is 2.50 bits per heavy atom. The van der Waals surface area contributed by atoms with Gasteiger partial charge in [-0.3, -0.25) is 10.1 Å². The molecular formula is C17H15N3O4. The van der Waals surface area contributed by atoms with Crippen LogP contribution in [0, 0.1) is 13.8 Å². The Hall–Kier alpha value is -3.35. The number of benzene rings is 1. The number of urea groups is 1. The number of carboxylic acid groups (broad SMARTS) is 1. The Morgan fingerprint density at radius 2 is 1.88 bits per heavy atom. The first-order chi connectivity index (χ1) is 11.4. The number of rotatable bonds is 3. The van der Waals surface area contributed by atoms with Gasteiger partial charge in [0.1, 0.15) is 5.70 Å². The molecule has 1 fully saturated rings. The number of aromatic nitrogens is 1. The molecule has 1 aliphatic rings. The average Bonchev–Trinajstić information content (AvgIpc) is 2.98. The van der Waals surface area contributed by atoms with Gasteiger partial charge in [-0.05, 0) is 43.7 Å². The normalized spacial score (nSPS) is 15.5. The van der Waals surface area contributed by atoms with Gasteiger partial charge >= 0.3 is 12.0 Å². The molecule has 2 heterocycles. The van der Waals surface area contributed by atoms with Crippen molar-refractivity contribution in [3.05, 3.63) is 58.5 Å². The number of imide groups is 1. The average molecular weight is 325 g/mol. The zero-order chi connectivity index (χ0) is 17.4. The van der Waals surface area contributed by atoms with Gasteiger partial charge in [-0.25, -0.2) is 9.59 Å². The van der Waals surface area contributed by atoms with E-state index in [4.69, 9.17) is 0 Å². The number of carbonyl (C=O) groups is 3. The van der Waals surface area contributed by atoms with Crippen LogP contribution in [0.25, 0.3) is 11.8 Å². The molecule has 3 rings (SSSR count). The highest BCUT2D eigenvalue weighted by Crippen LogP contribution is 2.25. The predicted octanol–water partition coefficient (Wildman–Crippen LogP) is 1.97. The lowest BCUT2D eigenvalue weighted by Gasteiger charge is -2.12. The van der Waals surface area contributed by atoms with Gasteiger partial charge in [0.25, 0.3) is 5.91 Å². The Kier molecular flexibility index (Phi) is 3.69. The summed E-state index contributed by atoms with van der Waals surface area (Å²) < 4.78 is 1.81. The maximum Gasteiger partial charge on any atom is 0.337 e. The number of hydrogen-bond acceptors (Lipinski definition) is 3. The minimum absolute atomic E-state index is 0.159. The molecule has 0 unspecified atom stereocenters. The van der Waals surface area contributed by atoms with Crippen LogP contribution in [0.4, 0.5) is 4.79 Å². The lowest BCUT2D eigenvalue weighted by atomic mass is 10.1. The first kappa shape index (κ1) is 15.5. The fourth-order valence-corrected chi connectivity index (χ4v) is 2.79. The molecule has 7 nitrogen and oxygen atoms in total. The minimum atomic E-state index is -1.01. The Balaban J connectivity index is 2.12. The number of hydrogen-bond donors (Lipinski definition) is 3. The van der Waals surface area contributed by atoms with Crippen LogP contribution in [0.3, 0.4) is 0 Å². The second-order valence-electron chi connectivity index (χ2n) is 5.45. The molecule has 1 aliphatic heterocycles. The number of amides is 3. The molecular weight excluding hydrogens is 310 g/mol. The summed E-state index contributed by atoms with van der Waals surface area (Å²) in [5.74, 6) is -1.50. The van der Waals surface area contributed by atoms with Gasteiger partial charge in [-0.1, -0.05) is 12.1 Å². The van der Waals surface area contributed by atoms with E-state index in [1.165, 1.54) is 0 Å². The molecule has 0 saturated carbocycles. The zero-order valence-electron chi connectivity index (χ0n) is 13.1. The smallest absolute Gasteiger partial charge is 0.337 e. The van der Waals surface area contributed by atoms with E-state index in [0.29, 0.717) is 5.69 Å². The van der Waals surface area contributed by atoms with Gasteiger partial charge in [-0.15, -0.1) is 0 Å². The maximum atomic E-state index is 11.7. The molecule has 0 atom stereocenters. The van der Waals surface area contributed by atoms with E-state index < -0.39 is 17.9 Å². The highest BCUT2D eigenvalue weighted by Gasteiger charge is 2.24. The molecule has 0 radical (unpaired) electrons. The number of aryl methyl sites for hydroxylation is 1. The summed E-state index contributed by atoms with van der Waals surface area (Å²) in [6.07, 6.45) is 1.57. The van der Waals surface area contributed by atoms with E-state index in [1.807, 2.05) is 24.5 Å². The van der Waals surface area contributed by atoms with Gasteiger partial charge in [-0.2, -0.15) is 0 Å². The third-order valence-corrected chi connectivity index (χ3v) is 3.87. The summed E-state index contributed by atoms with van der Waals surface area (Å²) in [6.45, 7) is 3.67. The van der Waals surface area contributed by atoms with Gasteiger partial charge in [0.05, 0.1) is 11.3 Å². The number of carboxylic acids is 1. The van der Waals surface area contributed by atoms with Crippen LogP contribution in [0.1, 0.15) is 27.3 Å². The van der Waals surface area contributed by atoms with Gasteiger partial charge < -0.3 is 15.0 Å². The van der Waals surface area contributed by atoms with E-state index in [-0.39, 0.29) is 11.3 Å². The molecule has 1 saturated heterocycles. The lowest BCUT2D eigenvalue weighted by Crippen LogP contribution is -2.22. The Labute approximate surface area is 137 Å². The number of carbonyl (C=O) groups excluding carboxylic acids is 2. The second kappa shape index (κ2) is 5.69. The lowest BCUT2D eigenvalue weighted by molar-refractivity contribution is -0.115. The van der Waals surface area contributed by atoms with Crippen molar-refractivity contribution in [1.29, 1.82) is 0 Å². The monoisotopic (exact) mass is 325 g/mol. The standard InChI is InChI=1S/C17H15N3O4/c1-9-7-11(8-13-15(21)19-17(24)18-13)10(2)20(9)14-6-4-3-5-12(14)16(22)23/h3-8H,1-2H3,(H,22,23)(H2,18,19,21,24)/b13-8-. The zero-order valence-corrected chi connectivity index (χ0v) is 13.1.